The average Bonchev–Trinajstić information content (AvgIpc) is 2.17. The minimum atomic E-state index is 0.320. The lowest BCUT2D eigenvalue weighted by atomic mass is 10.4. The molecule has 0 aromatic carbocycles. The molecule has 1 rings (SSSR count). The highest BCUT2D eigenvalue weighted by Gasteiger charge is 1.95. The Labute approximate surface area is 52.7 Å². The highest BCUT2D eigenvalue weighted by atomic mass is 16.4. The van der Waals surface area contributed by atoms with Gasteiger partial charge in [0.2, 0.25) is 0 Å². The number of carbonyl (C=O) groups excluding carboxylic acids is 1. The molecule has 48 valence electrons. The maximum atomic E-state index is 9.90. The third kappa shape index (κ3) is 1.38. The quantitative estimate of drug-likeness (QED) is 0.547. The molecule has 3 heteroatoms. The molecule has 0 spiro atoms. The van der Waals surface area contributed by atoms with Crippen molar-refractivity contribution in [3.63, 3.8) is 0 Å². The van der Waals surface area contributed by atoms with Gasteiger partial charge < -0.3 is 9.21 Å². The van der Waals surface area contributed by atoms with E-state index < -0.39 is 0 Å². The Kier molecular flexibility index (Phi) is 1.63. The summed E-state index contributed by atoms with van der Waals surface area (Å²) in [7, 11) is 0. The molecule has 1 aromatic heterocycles. The van der Waals surface area contributed by atoms with Crippen LogP contribution < -0.4 is 0 Å². The maximum absolute atomic E-state index is 9.90. The van der Waals surface area contributed by atoms with E-state index in [0.717, 1.165) is 6.29 Å². The number of carbonyl (C=O) groups is 1. The number of aldehydes is 1. The van der Waals surface area contributed by atoms with Crippen molar-refractivity contribution in [2.45, 2.75) is 13.3 Å². The molecule has 1 heterocycles. The molecule has 0 aliphatic heterocycles. The van der Waals surface area contributed by atoms with Gasteiger partial charge in [-0.25, -0.2) is 4.98 Å². The van der Waals surface area contributed by atoms with E-state index in [2.05, 4.69) is 4.98 Å². The number of hydrogen-bond acceptors (Lipinski definition) is 3. The molecule has 0 aliphatic carbocycles. The zero-order chi connectivity index (χ0) is 6.69. The van der Waals surface area contributed by atoms with Gasteiger partial charge in [0.25, 0.3) is 0 Å². The predicted molar refractivity (Wildman–Crippen MR) is 31.0 cm³/mol. The molecule has 1 aromatic rings. The van der Waals surface area contributed by atoms with E-state index in [4.69, 9.17) is 4.42 Å². The summed E-state index contributed by atoms with van der Waals surface area (Å²) in [4.78, 5) is 13.7. The van der Waals surface area contributed by atoms with E-state index in [9.17, 15) is 4.79 Å². The van der Waals surface area contributed by atoms with Gasteiger partial charge in [-0.05, 0) is 0 Å². The summed E-state index contributed by atoms with van der Waals surface area (Å²) < 4.78 is 4.98. The second kappa shape index (κ2) is 2.44. The first kappa shape index (κ1) is 6.01. The number of hydrogen-bond donors (Lipinski definition) is 0. The Balaban J connectivity index is 2.72. The van der Waals surface area contributed by atoms with Crippen molar-refractivity contribution in [1.29, 1.82) is 0 Å². The van der Waals surface area contributed by atoms with Gasteiger partial charge in [0.05, 0.1) is 12.6 Å². The van der Waals surface area contributed by atoms with Gasteiger partial charge in [0.15, 0.2) is 5.89 Å². The first-order chi connectivity index (χ1) is 4.33. The van der Waals surface area contributed by atoms with Crippen molar-refractivity contribution in [1.82, 2.24) is 4.98 Å². The smallest absolute Gasteiger partial charge is 0.191 e. The van der Waals surface area contributed by atoms with Crippen molar-refractivity contribution < 1.29 is 9.21 Å². The van der Waals surface area contributed by atoms with E-state index in [1.165, 1.54) is 0 Å². The van der Waals surface area contributed by atoms with E-state index in [1.807, 2.05) is 0 Å². The third-order valence-electron chi connectivity index (χ3n) is 0.954. The Morgan fingerprint density at radius 3 is 3.11 bits per heavy atom. The molecule has 0 saturated heterocycles. The van der Waals surface area contributed by atoms with Crippen LogP contribution in [0.1, 0.15) is 11.7 Å². The van der Waals surface area contributed by atoms with E-state index >= 15 is 0 Å². The van der Waals surface area contributed by atoms with Crippen molar-refractivity contribution >= 4 is 6.29 Å². The monoisotopic (exact) mass is 125 g/mol. The fourth-order valence-corrected chi connectivity index (χ4v) is 0.582. The summed E-state index contributed by atoms with van der Waals surface area (Å²) in [6.07, 6.45) is 2.67. The Bertz CT molecular complexity index is 205. The molecule has 0 saturated carbocycles. The Morgan fingerprint density at radius 1 is 1.89 bits per heavy atom. The molecule has 0 unspecified atom stereocenters. The standard InChI is InChI=1S/C6H7NO2/c1-5-7-4-6(9-5)2-3-8/h3-4H,2H2,1H3. The van der Waals surface area contributed by atoms with Gasteiger partial charge in [-0.3, -0.25) is 0 Å². The van der Waals surface area contributed by atoms with E-state index in [1.54, 1.807) is 13.1 Å². The number of aryl methyl sites for hydroxylation is 1. The largest absolute Gasteiger partial charge is 0.446 e. The Hall–Kier alpha value is -1.12. The minimum Gasteiger partial charge on any atom is -0.446 e. The average molecular weight is 125 g/mol. The van der Waals surface area contributed by atoms with Gasteiger partial charge in [-0.1, -0.05) is 0 Å². The van der Waals surface area contributed by atoms with Crippen LogP contribution in [-0.2, 0) is 11.2 Å². The lowest BCUT2D eigenvalue weighted by Crippen LogP contribution is -1.78. The fraction of sp³-hybridized carbons (Fsp3) is 0.333. The van der Waals surface area contributed by atoms with Gasteiger partial charge in [0.1, 0.15) is 12.0 Å². The topological polar surface area (TPSA) is 43.1 Å². The first-order valence-corrected chi connectivity index (χ1v) is 2.68. The van der Waals surface area contributed by atoms with Crippen LogP contribution in [0, 0.1) is 6.92 Å². The normalized spacial score (nSPS) is 9.44. The van der Waals surface area contributed by atoms with E-state index in [0.29, 0.717) is 18.1 Å². The zero-order valence-corrected chi connectivity index (χ0v) is 5.13. The molecule has 0 radical (unpaired) electrons. The summed E-state index contributed by atoms with van der Waals surface area (Å²) in [5, 5.41) is 0. The molecule has 0 N–H and O–H groups in total. The van der Waals surface area contributed by atoms with Crippen LogP contribution in [-0.4, -0.2) is 11.3 Å². The summed E-state index contributed by atoms with van der Waals surface area (Å²) in [5.74, 6) is 1.23. The lowest BCUT2D eigenvalue weighted by Gasteiger charge is -1.80. The SMILES string of the molecule is Cc1ncc(CC=O)o1. The van der Waals surface area contributed by atoms with Crippen LogP contribution in [0.3, 0.4) is 0 Å². The van der Waals surface area contributed by atoms with Crippen LogP contribution in [0.4, 0.5) is 0 Å². The van der Waals surface area contributed by atoms with Crippen molar-refractivity contribution in [2.24, 2.45) is 0 Å². The van der Waals surface area contributed by atoms with Crippen molar-refractivity contribution in [3.8, 4) is 0 Å². The van der Waals surface area contributed by atoms with Gasteiger partial charge in [-0.15, -0.1) is 0 Å². The molecular weight excluding hydrogens is 118 g/mol. The lowest BCUT2D eigenvalue weighted by molar-refractivity contribution is -0.107. The Morgan fingerprint density at radius 2 is 2.67 bits per heavy atom. The molecule has 3 nitrogen and oxygen atoms in total. The summed E-state index contributed by atoms with van der Waals surface area (Å²) in [6.45, 7) is 1.74. The molecule has 0 fully saturated rings. The fourth-order valence-electron chi connectivity index (χ4n) is 0.582. The molecular formula is C6H7NO2. The van der Waals surface area contributed by atoms with Crippen LogP contribution in [0.5, 0.6) is 0 Å². The van der Waals surface area contributed by atoms with Crippen LogP contribution >= 0.6 is 0 Å². The molecule has 0 amide bonds. The maximum Gasteiger partial charge on any atom is 0.191 e. The van der Waals surface area contributed by atoms with Crippen LogP contribution in [0.2, 0.25) is 0 Å². The predicted octanol–water partition coefficient (Wildman–Crippen LogP) is 0.724. The van der Waals surface area contributed by atoms with Crippen LogP contribution in [0.15, 0.2) is 10.6 Å². The second-order valence-electron chi connectivity index (χ2n) is 1.72. The number of rotatable bonds is 2. The highest BCUT2D eigenvalue weighted by molar-refractivity contribution is 5.52. The third-order valence-corrected chi connectivity index (χ3v) is 0.954. The molecule has 9 heavy (non-hydrogen) atoms. The summed E-state index contributed by atoms with van der Waals surface area (Å²) in [5.41, 5.74) is 0. The number of nitrogens with zero attached hydrogens (tertiary/aromatic N) is 1. The van der Waals surface area contributed by atoms with Crippen LogP contribution in [0.25, 0.3) is 0 Å². The molecule has 0 atom stereocenters. The second-order valence-corrected chi connectivity index (χ2v) is 1.72. The molecule has 0 aliphatic rings. The molecule has 0 bridgehead atoms. The van der Waals surface area contributed by atoms with E-state index in [-0.39, 0.29) is 0 Å². The highest BCUT2D eigenvalue weighted by Crippen LogP contribution is 2.00. The van der Waals surface area contributed by atoms with Gasteiger partial charge in [-0.2, -0.15) is 0 Å². The number of oxazole rings is 1. The van der Waals surface area contributed by atoms with Gasteiger partial charge >= 0.3 is 0 Å². The minimum absolute atomic E-state index is 0.320. The number of aromatic nitrogens is 1. The zero-order valence-electron chi connectivity index (χ0n) is 5.13. The van der Waals surface area contributed by atoms with Crippen molar-refractivity contribution in [2.75, 3.05) is 0 Å². The summed E-state index contributed by atoms with van der Waals surface area (Å²) in [6, 6.07) is 0. The van der Waals surface area contributed by atoms with Gasteiger partial charge in [0, 0.05) is 6.92 Å². The summed E-state index contributed by atoms with van der Waals surface area (Å²) >= 11 is 0. The first-order valence-electron chi connectivity index (χ1n) is 2.68. The van der Waals surface area contributed by atoms with Crippen molar-refractivity contribution in [3.05, 3.63) is 17.8 Å².